The number of nitrogens with zero attached hydrogens (tertiary/aromatic N) is 3. The Balaban J connectivity index is 1.67. The Labute approximate surface area is 168 Å². The summed E-state index contributed by atoms with van der Waals surface area (Å²) in [5.74, 6) is 0.496. The molecule has 3 aromatic heterocycles. The zero-order chi connectivity index (χ0) is 19.8. The van der Waals surface area contributed by atoms with Crippen LogP contribution < -0.4 is 0 Å². The molecule has 0 aliphatic rings. The second-order valence-electron chi connectivity index (χ2n) is 7.26. The smallest absolute Gasteiger partial charge is 0.139 e. The molecule has 1 atom stereocenters. The van der Waals surface area contributed by atoms with Crippen LogP contribution in [0.1, 0.15) is 41.8 Å². The number of benzene rings is 1. The van der Waals surface area contributed by atoms with Crippen LogP contribution in [0.15, 0.2) is 48.8 Å². The highest BCUT2D eigenvalue weighted by Gasteiger charge is 2.16. The number of phenols is 1. The Kier molecular flexibility index (Phi) is 4.81. The Hall–Kier alpha value is -2.86. The lowest BCUT2D eigenvalue weighted by molar-refractivity contribution is 0.461. The van der Waals surface area contributed by atoms with E-state index in [0.717, 1.165) is 27.5 Å². The topological polar surface area (TPSA) is 79.1 Å². The second kappa shape index (κ2) is 7.28. The summed E-state index contributed by atoms with van der Waals surface area (Å²) in [4.78, 5) is 13.4. The SMILES string of the molecule is CC(C)c1nc2cc(CC(S)c3cc4ncccc4cc3O)cnc2cc1O. The maximum absolute atomic E-state index is 10.4. The van der Waals surface area contributed by atoms with Crippen LogP contribution in [0.2, 0.25) is 0 Å². The number of rotatable bonds is 4. The zero-order valence-corrected chi connectivity index (χ0v) is 16.6. The van der Waals surface area contributed by atoms with E-state index in [-0.39, 0.29) is 22.7 Å². The molecule has 0 aliphatic carbocycles. The summed E-state index contributed by atoms with van der Waals surface area (Å²) in [5, 5.41) is 21.2. The molecule has 5 nitrogen and oxygen atoms in total. The minimum Gasteiger partial charge on any atom is -0.508 e. The van der Waals surface area contributed by atoms with Gasteiger partial charge in [-0.1, -0.05) is 19.9 Å². The minimum atomic E-state index is -0.215. The average Bonchev–Trinajstić information content (AvgIpc) is 2.66. The highest BCUT2D eigenvalue weighted by atomic mass is 32.1. The fourth-order valence-corrected chi connectivity index (χ4v) is 3.78. The number of aromatic hydroxyl groups is 2. The molecular formula is C22H21N3O2S. The summed E-state index contributed by atoms with van der Waals surface area (Å²) >= 11 is 4.71. The summed E-state index contributed by atoms with van der Waals surface area (Å²) in [6, 6.07) is 11.0. The van der Waals surface area contributed by atoms with Crippen LogP contribution in [0, 0.1) is 0 Å². The first-order valence-electron chi connectivity index (χ1n) is 9.16. The zero-order valence-electron chi connectivity index (χ0n) is 15.7. The minimum absolute atomic E-state index is 0.118. The summed E-state index contributed by atoms with van der Waals surface area (Å²) < 4.78 is 0. The van der Waals surface area contributed by atoms with E-state index in [1.54, 1.807) is 24.5 Å². The molecule has 4 rings (SSSR count). The van der Waals surface area contributed by atoms with Gasteiger partial charge in [-0.15, -0.1) is 0 Å². The largest absolute Gasteiger partial charge is 0.508 e. The van der Waals surface area contributed by atoms with Crippen molar-refractivity contribution in [3.05, 3.63) is 65.6 Å². The lowest BCUT2D eigenvalue weighted by Gasteiger charge is -2.14. The molecule has 6 heteroatoms. The molecule has 142 valence electrons. The van der Waals surface area contributed by atoms with E-state index in [1.807, 2.05) is 38.1 Å². The summed E-state index contributed by atoms with van der Waals surface area (Å²) in [6.45, 7) is 3.98. The van der Waals surface area contributed by atoms with E-state index < -0.39 is 0 Å². The first-order chi connectivity index (χ1) is 13.4. The number of pyridine rings is 3. The molecule has 0 aliphatic heterocycles. The van der Waals surface area contributed by atoms with Gasteiger partial charge < -0.3 is 10.2 Å². The molecular weight excluding hydrogens is 370 g/mol. The standard InChI is InChI=1S/C22H21N3O2S/c1-12(2)22-20(27)10-17-18(25-22)6-13(11-24-17)7-21(28)15-9-16-14(8-19(15)26)4-3-5-23-16/h3-6,8-12,21,26-28H,7H2,1-2H3. The van der Waals surface area contributed by atoms with Crippen molar-refractivity contribution in [2.24, 2.45) is 0 Å². The maximum atomic E-state index is 10.4. The highest BCUT2D eigenvalue weighted by molar-refractivity contribution is 7.80. The fraction of sp³-hybridized carbons (Fsp3) is 0.227. The molecule has 4 aromatic rings. The molecule has 0 amide bonds. The lowest BCUT2D eigenvalue weighted by Crippen LogP contribution is -2.00. The Morgan fingerprint density at radius 2 is 1.79 bits per heavy atom. The van der Waals surface area contributed by atoms with Crippen LogP contribution >= 0.6 is 12.6 Å². The third kappa shape index (κ3) is 3.47. The van der Waals surface area contributed by atoms with Gasteiger partial charge in [-0.2, -0.15) is 12.6 Å². The number of hydrogen-bond donors (Lipinski definition) is 3. The third-order valence-corrected chi connectivity index (χ3v) is 5.28. The molecule has 1 aromatic carbocycles. The molecule has 3 heterocycles. The van der Waals surface area contributed by atoms with Crippen LogP contribution in [-0.4, -0.2) is 25.2 Å². The predicted octanol–water partition coefficient (Wildman–Crippen LogP) is 4.93. The van der Waals surface area contributed by atoms with Gasteiger partial charge in [0.1, 0.15) is 11.5 Å². The van der Waals surface area contributed by atoms with Crippen LogP contribution in [-0.2, 0) is 6.42 Å². The van der Waals surface area contributed by atoms with Crippen molar-refractivity contribution in [1.82, 2.24) is 15.0 Å². The van der Waals surface area contributed by atoms with E-state index in [4.69, 9.17) is 12.6 Å². The summed E-state index contributed by atoms with van der Waals surface area (Å²) in [7, 11) is 0. The summed E-state index contributed by atoms with van der Waals surface area (Å²) in [5.41, 5.74) is 4.57. The van der Waals surface area contributed by atoms with E-state index in [1.165, 1.54) is 0 Å². The Bertz CT molecular complexity index is 1180. The van der Waals surface area contributed by atoms with Crippen LogP contribution in [0.5, 0.6) is 11.5 Å². The number of fused-ring (bicyclic) bond motifs is 2. The molecule has 1 unspecified atom stereocenters. The molecule has 0 saturated carbocycles. The molecule has 0 bridgehead atoms. The molecule has 0 saturated heterocycles. The highest BCUT2D eigenvalue weighted by Crippen LogP contribution is 2.35. The van der Waals surface area contributed by atoms with Gasteiger partial charge >= 0.3 is 0 Å². The fourth-order valence-electron chi connectivity index (χ4n) is 3.36. The van der Waals surface area contributed by atoms with Gasteiger partial charge in [-0.25, -0.2) is 4.98 Å². The number of aromatic nitrogens is 3. The molecule has 2 N–H and O–H groups in total. The van der Waals surface area contributed by atoms with Crippen LogP contribution in [0.25, 0.3) is 21.9 Å². The number of hydrogen-bond acceptors (Lipinski definition) is 6. The van der Waals surface area contributed by atoms with Gasteiger partial charge in [-0.3, -0.25) is 9.97 Å². The van der Waals surface area contributed by atoms with Crippen molar-refractivity contribution >= 4 is 34.6 Å². The Morgan fingerprint density at radius 3 is 2.57 bits per heavy atom. The van der Waals surface area contributed by atoms with Gasteiger partial charge in [0.25, 0.3) is 0 Å². The van der Waals surface area contributed by atoms with Crippen LogP contribution in [0.4, 0.5) is 0 Å². The molecule has 0 fully saturated rings. The van der Waals surface area contributed by atoms with Crippen molar-refractivity contribution in [1.29, 1.82) is 0 Å². The van der Waals surface area contributed by atoms with Crippen LogP contribution in [0.3, 0.4) is 0 Å². The predicted molar refractivity (Wildman–Crippen MR) is 114 cm³/mol. The van der Waals surface area contributed by atoms with Crippen molar-refractivity contribution in [3.63, 3.8) is 0 Å². The number of phenolic OH excluding ortho intramolecular Hbond substituents is 1. The molecule has 28 heavy (non-hydrogen) atoms. The van der Waals surface area contributed by atoms with E-state index in [9.17, 15) is 10.2 Å². The van der Waals surface area contributed by atoms with E-state index in [0.29, 0.717) is 17.6 Å². The van der Waals surface area contributed by atoms with E-state index in [2.05, 4.69) is 15.0 Å². The van der Waals surface area contributed by atoms with Crippen molar-refractivity contribution in [3.8, 4) is 11.5 Å². The number of thiol groups is 1. The quantitative estimate of drug-likeness (QED) is 0.430. The van der Waals surface area contributed by atoms with Crippen molar-refractivity contribution in [2.75, 3.05) is 0 Å². The molecule has 0 radical (unpaired) electrons. The second-order valence-corrected chi connectivity index (χ2v) is 7.88. The van der Waals surface area contributed by atoms with Gasteiger partial charge in [0, 0.05) is 34.7 Å². The average molecular weight is 391 g/mol. The van der Waals surface area contributed by atoms with Gasteiger partial charge in [0.05, 0.1) is 22.2 Å². The normalized spacial score (nSPS) is 12.7. The Morgan fingerprint density at radius 1 is 0.964 bits per heavy atom. The molecule has 0 spiro atoms. The third-order valence-electron chi connectivity index (χ3n) is 4.82. The first-order valence-corrected chi connectivity index (χ1v) is 9.68. The lowest BCUT2D eigenvalue weighted by atomic mass is 10.0. The van der Waals surface area contributed by atoms with Gasteiger partial charge in [0.2, 0.25) is 0 Å². The maximum Gasteiger partial charge on any atom is 0.139 e. The monoisotopic (exact) mass is 391 g/mol. The first kappa shape index (κ1) is 18.5. The van der Waals surface area contributed by atoms with Crippen molar-refractivity contribution < 1.29 is 10.2 Å². The van der Waals surface area contributed by atoms with Crippen molar-refractivity contribution in [2.45, 2.75) is 31.4 Å². The summed E-state index contributed by atoms with van der Waals surface area (Å²) in [6.07, 6.45) is 4.08. The van der Waals surface area contributed by atoms with Gasteiger partial charge in [0.15, 0.2) is 0 Å². The van der Waals surface area contributed by atoms with E-state index >= 15 is 0 Å². The van der Waals surface area contributed by atoms with Gasteiger partial charge in [-0.05, 0) is 42.2 Å².